The number of carboxylic acids is 1. The molecule has 1 aromatic heterocycles. The summed E-state index contributed by atoms with van der Waals surface area (Å²) in [5.74, 6) is -1.60. The minimum atomic E-state index is -1.24. The molecule has 0 saturated carbocycles. The van der Waals surface area contributed by atoms with Crippen LogP contribution in [0.15, 0.2) is 28.7 Å². The van der Waals surface area contributed by atoms with Crippen molar-refractivity contribution >= 4 is 18.2 Å². The van der Waals surface area contributed by atoms with Crippen molar-refractivity contribution in [2.45, 2.75) is 6.61 Å². The molecule has 0 bridgehead atoms. The van der Waals surface area contributed by atoms with Crippen LogP contribution >= 0.6 is 0 Å². The summed E-state index contributed by atoms with van der Waals surface area (Å²) in [5.41, 5.74) is 0. The van der Waals surface area contributed by atoms with E-state index >= 15 is 0 Å². The van der Waals surface area contributed by atoms with Crippen molar-refractivity contribution in [3.05, 3.63) is 35.8 Å². The molecule has 0 aromatic carbocycles. The minimum absolute atomic E-state index is 0.132. The molecular weight excluding hydrogens is 216 g/mol. The van der Waals surface area contributed by atoms with Gasteiger partial charge in [-0.25, -0.2) is 9.59 Å². The van der Waals surface area contributed by atoms with Crippen LogP contribution in [-0.4, -0.2) is 23.3 Å². The second-order valence-electron chi connectivity index (χ2n) is 2.70. The van der Waals surface area contributed by atoms with Gasteiger partial charge in [0.15, 0.2) is 12.0 Å². The molecule has 0 aliphatic heterocycles. The third-order valence-corrected chi connectivity index (χ3v) is 1.52. The Balaban J connectivity index is 2.42. The zero-order valence-electron chi connectivity index (χ0n) is 8.08. The van der Waals surface area contributed by atoms with E-state index in [1.165, 1.54) is 12.1 Å². The molecule has 84 valence electrons. The molecular formula is C10H8O6. The Labute approximate surface area is 90.1 Å². The van der Waals surface area contributed by atoms with Gasteiger partial charge < -0.3 is 14.3 Å². The Kier molecular flexibility index (Phi) is 4.02. The Morgan fingerprint density at radius 3 is 2.69 bits per heavy atom. The number of esters is 1. The molecule has 0 aliphatic rings. The zero-order valence-corrected chi connectivity index (χ0v) is 8.08. The Bertz CT molecular complexity index is 428. The molecule has 6 heteroatoms. The van der Waals surface area contributed by atoms with Crippen LogP contribution in [0.2, 0.25) is 0 Å². The maximum Gasteiger partial charge on any atom is 0.331 e. The van der Waals surface area contributed by atoms with Crippen molar-refractivity contribution < 1.29 is 28.6 Å². The van der Waals surface area contributed by atoms with Gasteiger partial charge in [0, 0.05) is 12.2 Å². The van der Waals surface area contributed by atoms with Gasteiger partial charge in [0.1, 0.15) is 12.4 Å². The van der Waals surface area contributed by atoms with Crippen LogP contribution in [0.4, 0.5) is 0 Å². The molecule has 1 heterocycles. The highest BCUT2D eigenvalue weighted by molar-refractivity contribution is 5.90. The van der Waals surface area contributed by atoms with E-state index in [2.05, 4.69) is 4.74 Å². The molecule has 0 aliphatic carbocycles. The van der Waals surface area contributed by atoms with Crippen molar-refractivity contribution in [2.24, 2.45) is 0 Å². The van der Waals surface area contributed by atoms with Crippen LogP contribution < -0.4 is 0 Å². The predicted molar refractivity (Wildman–Crippen MR) is 50.7 cm³/mol. The third kappa shape index (κ3) is 3.79. The third-order valence-electron chi connectivity index (χ3n) is 1.52. The maximum atomic E-state index is 10.9. The molecule has 1 N–H and O–H groups in total. The molecule has 0 unspecified atom stereocenters. The largest absolute Gasteiger partial charge is 0.478 e. The summed E-state index contributed by atoms with van der Waals surface area (Å²) >= 11 is 0. The summed E-state index contributed by atoms with van der Waals surface area (Å²) in [6.45, 7) is -0.156. The number of ether oxygens (including phenoxy) is 1. The van der Waals surface area contributed by atoms with Crippen LogP contribution in [0.1, 0.15) is 16.3 Å². The minimum Gasteiger partial charge on any atom is -0.478 e. The summed E-state index contributed by atoms with van der Waals surface area (Å²) in [4.78, 5) is 31.2. The van der Waals surface area contributed by atoms with Crippen molar-refractivity contribution in [2.75, 3.05) is 0 Å². The molecule has 16 heavy (non-hydrogen) atoms. The molecule has 0 radical (unpaired) electrons. The zero-order chi connectivity index (χ0) is 12.0. The fraction of sp³-hybridized carbons (Fsp3) is 0.100. The van der Waals surface area contributed by atoms with Gasteiger partial charge in [-0.15, -0.1) is 0 Å². The molecule has 1 rings (SSSR count). The molecule has 0 saturated heterocycles. The van der Waals surface area contributed by atoms with E-state index < -0.39 is 11.9 Å². The van der Waals surface area contributed by atoms with Gasteiger partial charge in [-0.3, -0.25) is 4.79 Å². The van der Waals surface area contributed by atoms with Gasteiger partial charge in [-0.1, -0.05) is 0 Å². The highest BCUT2D eigenvalue weighted by Gasteiger charge is 2.04. The van der Waals surface area contributed by atoms with E-state index in [9.17, 15) is 14.4 Å². The van der Waals surface area contributed by atoms with Crippen molar-refractivity contribution in [1.82, 2.24) is 0 Å². The summed E-state index contributed by atoms with van der Waals surface area (Å²) in [5, 5.41) is 8.23. The lowest BCUT2D eigenvalue weighted by Crippen LogP contribution is -2.01. The number of carboxylic acid groups (broad SMARTS) is 1. The predicted octanol–water partition coefficient (Wildman–Crippen LogP) is 0.776. The van der Waals surface area contributed by atoms with Crippen LogP contribution in [0, 0.1) is 0 Å². The lowest BCUT2D eigenvalue weighted by Gasteiger charge is -1.97. The maximum absolute atomic E-state index is 10.9. The van der Waals surface area contributed by atoms with Gasteiger partial charge in [-0.05, 0) is 12.1 Å². The molecule has 0 spiro atoms. The highest BCUT2D eigenvalue weighted by Crippen LogP contribution is 2.06. The van der Waals surface area contributed by atoms with E-state index in [1.807, 2.05) is 0 Å². The fourth-order valence-corrected chi connectivity index (χ4v) is 0.865. The van der Waals surface area contributed by atoms with Gasteiger partial charge in [-0.2, -0.15) is 0 Å². The lowest BCUT2D eigenvalue weighted by molar-refractivity contribution is -0.140. The first kappa shape index (κ1) is 11.7. The molecule has 1 aromatic rings. The standard InChI is InChI=1S/C10H8O6/c11-5-7-1-2-8(16-7)6-15-10(14)4-3-9(12)13/h1-5H,6H2,(H,12,13). The number of hydrogen-bond donors (Lipinski definition) is 1. The normalized spacial score (nSPS) is 10.2. The summed E-state index contributed by atoms with van der Waals surface area (Å²) in [6, 6.07) is 2.92. The van der Waals surface area contributed by atoms with Crippen molar-refractivity contribution in [3.8, 4) is 0 Å². The van der Waals surface area contributed by atoms with Gasteiger partial charge in [0.25, 0.3) is 0 Å². The number of carbonyl (C=O) groups excluding carboxylic acids is 2. The number of furan rings is 1. The lowest BCUT2D eigenvalue weighted by atomic mass is 10.4. The summed E-state index contributed by atoms with van der Waals surface area (Å²) in [7, 11) is 0. The van der Waals surface area contributed by atoms with Crippen LogP contribution in [0.3, 0.4) is 0 Å². The van der Waals surface area contributed by atoms with E-state index in [0.29, 0.717) is 18.1 Å². The first-order valence-corrected chi connectivity index (χ1v) is 4.23. The van der Waals surface area contributed by atoms with Gasteiger partial charge >= 0.3 is 11.9 Å². The van der Waals surface area contributed by atoms with Crippen molar-refractivity contribution in [3.63, 3.8) is 0 Å². The van der Waals surface area contributed by atoms with Crippen LogP contribution in [-0.2, 0) is 20.9 Å². The Morgan fingerprint density at radius 1 is 1.38 bits per heavy atom. The van der Waals surface area contributed by atoms with Crippen molar-refractivity contribution in [1.29, 1.82) is 0 Å². The monoisotopic (exact) mass is 224 g/mol. The highest BCUT2D eigenvalue weighted by atomic mass is 16.5. The molecule has 0 fully saturated rings. The van der Waals surface area contributed by atoms with Gasteiger partial charge in [0.05, 0.1) is 0 Å². The topological polar surface area (TPSA) is 93.8 Å². The molecule has 0 atom stereocenters. The number of carbonyl (C=O) groups is 3. The number of aldehydes is 1. The molecule has 6 nitrogen and oxygen atoms in total. The van der Waals surface area contributed by atoms with Gasteiger partial charge in [0.2, 0.25) is 0 Å². The smallest absolute Gasteiger partial charge is 0.331 e. The Hall–Kier alpha value is -2.37. The van der Waals surface area contributed by atoms with Crippen LogP contribution in [0.25, 0.3) is 0 Å². The number of hydrogen-bond acceptors (Lipinski definition) is 5. The second kappa shape index (κ2) is 5.50. The van der Waals surface area contributed by atoms with E-state index in [4.69, 9.17) is 9.52 Å². The van der Waals surface area contributed by atoms with E-state index in [1.54, 1.807) is 0 Å². The summed E-state index contributed by atoms with van der Waals surface area (Å²) in [6.07, 6.45) is 1.98. The van der Waals surface area contributed by atoms with Crippen LogP contribution in [0.5, 0.6) is 0 Å². The first-order valence-electron chi connectivity index (χ1n) is 4.23. The van der Waals surface area contributed by atoms with E-state index in [0.717, 1.165) is 6.08 Å². The number of aliphatic carboxylic acids is 1. The first-order chi connectivity index (χ1) is 7.61. The average molecular weight is 224 g/mol. The quantitative estimate of drug-likeness (QED) is 0.451. The van der Waals surface area contributed by atoms with E-state index in [-0.39, 0.29) is 12.4 Å². The second-order valence-corrected chi connectivity index (χ2v) is 2.70. The fourth-order valence-electron chi connectivity index (χ4n) is 0.865. The Morgan fingerprint density at radius 2 is 2.12 bits per heavy atom. The molecule has 0 amide bonds. The SMILES string of the molecule is O=Cc1ccc(COC(=O)C=CC(=O)O)o1. The average Bonchev–Trinajstić information content (AvgIpc) is 2.71. The summed E-state index contributed by atoms with van der Waals surface area (Å²) < 4.78 is 9.56. The number of rotatable bonds is 5.